The molecule has 5 heteroatoms. The van der Waals surface area contributed by atoms with Crippen molar-refractivity contribution in [2.45, 2.75) is 12.8 Å². The van der Waals surface area contributed by atoms with Crippen LogP contribution in [0.25, 0.3) is 0 Å². The van der Waals surface area contributed by atoms with Crippen LogP contribution in [-0.4, -0.2) is 40.9 Å². The van der Waals surface area contributed by atoms with Crippen LogP contribution in [0.3, 0.4) is 0 Å². The normalized spacial score (nSPS) is 19.6. The molecule has 5 nitrogen and oxygen atoms in total. The summed E-state index contributed by atoms with van der Waals surface area (Å²) >= 11 is 0. The van der Waals surface area contributed by atoms with Crippen molar-refractivity contribution in [2.75, 3.05) is 24.6 Å². The second kappa shape index (κ2) is 5.14. The molecular formula is C12H16N2O3. The minimum atomic E-state index is -1.00. The molecule has 1 unspecified atom stereocenters. The molecule has 1 aliphatic rings. The lowest BCUT2D eigenvalue weighted by atomic mass is 10.1. The summed E-state index contributed by atoms with van der Waals surface area (Å²) in [5.41, 5.74) is 0.0770. The number of aromatic carboxylic acids is 1. The predicted molar refractivity (Wildman–Crippen MR) is 63.2 cm³/mol. The first-order valence-electron chi connectivity index (χ1n) is 5.77. The molecule has 0 bridgehead atoms. The highest BCUT2D eigenvalue weighted by molar-refractivity contribution is 5.85. The van der Waals surface area contributed by atoms with E-state index in [2.05, 4.69) is 9.88 Å². The van der Waals surface area contributed by atoms with E-state index in [1.807, 2.05) is 6.07 Å². The molecule has 0 radical (unpaired) electrons. The maximum atomic E-state index is 10.8. The minimum absolute atomic E-state index is 0.0770. The Labute approximate surface area is 99.7 Å². The van der Waals surface area contributed by atoms with Crippen LogP contribution >= 0.6 is 0 Å². The van der Waals surface area contributed by atoms with Crippen LogP contribution in [0.15, 0.2) is 18.2 Å². The number of hydrogen-bond donors (Lipinski definition) is 2. The molecule has 2 N–H and O–H groups in total. The number of nitrogens with zero attached hydrogens (tertiary/aromatic N) is 2. The Hall–Kier alpha value is -1.62. The number of anilines is 1. The lowest BCUT2D eigenvalue weighted by Gasteiger charge is -2.17. The van der Waals surface area contributed by atoms with Crippen molar-refractivity contribution in [3.05, 3.63) is 23.9 Å². The van der Waals surface area contributed by atoms with Crippen molar-refractivity contribution in [1.29, 1.82) is 0 Å². The fourth-order valence-electron chi connectivity index (χ4n) is 2.18. The minimum Gasteiger partial charge on any atom is -0.477 e. The van der Waals surface area contributed by atoms with E-state index in [1.54, 1.807) is 6.07 Å². The second-order valence-electron chi connectivity index (χ2n) is 4.30. The van der Waals surface area contributed by atoms with E-state index < -0.39 is 5.97 Å². The Morgan fingerprint density at radius 1 is 1.53 bits per heavy atom. The van der Waals surface area contributed by atoms with Crippen LogP contribution < -0.4 is 4.90 Å². The number of carboxylic acids is 1. The Morgan fingerprint density at radius 3 is 3.06 bits per heavy atom. The molecule has 1 aliphatic heterocycles. The second-order valence-corrected chi connectivity index (χ2v) is 4.30. The Kier molecular flexibility index (Phi) is 3.58. The monoisotopic (exact) mass is 236 g/mol. The molecule has 1 fully saturated rings. The van der Waals surface area contributed by atoms with Gasteiger partial charge in [-0.25, -0.2) is 9.78 Å². The van der Waals surface area contributed by atoms with Gasteiger partial charge in [0.15, 0.2) is 5.69 Å². The molecular weight excluding hydrogens is 220 g/mol. The van der Waals surface area contributed by atoms with E-state index in [1.165, 1.54) is 6.07 Å². The molecule has 2 rings (SSSR count). The van der Waals surface area contributed by atoms with Gasteiger partial charge in [0.05, 0.1) is 0 Å². The van der Waals surface area contributed by atoms with Crippen LogP contribution in [0.4, 0.5) is 5.82 Å². The van der Waals surface area contributed by atoms with Gasteiger partial charge in [-0.15, -0.1) is 0 Å². The van der Waals surface area contributed by atoms with Gasteiger partial charge in [-0.1, -0.05) is 6.07 Å². The number of rotatable bonds is 4. The van der Waals surface area contributed by atoms with Gasteiger partial charge in [-0.3, -0.25) is 0 Å². The fourth-order valence-corrected chi connectivity index (χ4v) is 2.18. The van der Waals surface area contributed by atoms with Crippen molar-refractivity contribution in [3.8, 4) is 0 Å². The van der Waals surface area contributed by atoms with Crippen molar-refractivity contribution >= 4 is 11.8 Å². The summed E-state index contributed by atoms with van der Waals surface area (Å²) in [7, 11) is 0. The fraction of sp³-hybridized carbons (Fsp3) is 0.500. The maximum Gasteiger partial charge on any atom is 0.354 e. The third kappa shape index (κ3) is 2.74. The SMILES string of the molecule is O=C(O)c1cccc(N2CCC(CCO)C2)n1. The van der Waals surface area contributed by atoms with Crippen LogP contribution in [0, 0.1) is 5.92 Å². The van der Waals surface area contributed by atoms with Crippen LogP contribution in [0.5, 0.6) is 0 Å². The topological polar surface area (TPSA) is 73.7 Å². The van der Waals surface area contributed by atoms with Crippen molar-refractivity contribution in [1.82, 2.24) is 4.98 Å². The molecule has 17 heavy (non-hydrogen) atoms. The third-order valence-corrected chi connectivity index (χ3v) is 3.10. The quantitative estimate of drug-likeness (QED) is 0.815. The highest BCUT2D eigenvalue weighted by Crippen LogP contribution is 2.24. The molecule has 0 amide bonds. The summed E-state index contributed by atoms with van der Waals surface area (Å²) in [5, 5.41) is 17.8. The summed E-state index contributed by atoms with van der Waals surface area (Å²) in [4.78, 5) is 17.0. The Bertz CT molecular complexity index is 408. The lowest BCUT2D eigenvalue weighted by molar-refractivity contribution is 0.0690. The van der Waals surface area contributed by atoms with Crippen molar-refractivity contribution in [3.63, 3.8) is 0 Å². The first-order chi connectivity index (χ1) is 8.20. The number of carbonyl (C=O) groups is 1. The number of hydrogen-bond acceptors (Lipinski definition) is 4. The van der Waals surface area contributed by atoms with Gasteiger partial charge >= 0.3 is 5.97 Å². The summed E-state index contributed by atoms with van der Waals surface area (Å²) in [6.45, 7) is 1.93. The average Bonchev–Trinajstić information content (AvgIpc) is 2.78. The molecule has 1 aromatic heterocycles. The zero-order valence-corrected chi connectivity index (χ0v) is 9.54. The molecule has 2 heterocycles. The largest absolute Gasteiger partial charge is 0.477 e. The molecule has 92 valence electrons. The van der Waals surface area contributed by atoms with E-state index in [4.69, 9.17) is 10.2 Å². The van der Waals surface area contributed by atoms with Crippen molar-refractivity contribution in [2.24, 2.45) is 5.92 Å². The maximum absolute atomic E-state index is 10.8. The summed E-state index contributed by atoms with van der Waals surface area (Å²) in [6.07, 6.45) is 1.83. The zero-order chi connectivity index (χ0) is 12.3. The van der Waals surface area contributed by atoms with Crippen LogP contribution in [0.1, 0.15) is 23.3 Å². The van der Waals surface area contributed by atoms with E-state index in [-0.39, 0.29) is 12.3 Å². The van der Waals surface area contributed by atoms with Gasteiger partial charge in [-0.05, 0) is 30.9 Å². The number of carboxylic acid groups (broad SMARTS) is 1. The predicted octanol–water partition coefficient (Wildman–Crippen LogP) is 0.988. The molecule has 0 saturated carbocycles. The molecule has 1 aromatic rings. The van der Waals surface area contributed by atoms with Gasteiger partial charge in [0.25, 0.3) is 0 Å². The molecule has 0 spiro atoms. The molecule has 1 saturated heterocycles. The number of aliphatic hydroxyl groups is 1. The number of aliphatic hydroxyl groups excluding tert-OH is 1. The van der Waals surface area contributed by atoms with E-state index in [9.17, 15) is 4.79 Å². The van der Waals surface area contributed by atoms with Gasteiger partial charge in [0.2, 0.25) is 0 Å². The average molecular weight is 236 g/mol. The first kappa shape index (κ1) is 11.9. The third-order valence-electron chi connectivity index (χ3n) is 3.10. The van der Waals surface area contributed by atoms with Gasteiger partial charge < -0.3 is 15.1 Å². The lowest BCUT2D eigenvalue weighted by Crippen LogP contribution is -2.21. The first-order valence-corrected chi connectivity index (χ1v) is 5.77. The van der Waals surface area contributed by atoms with E-state index in [0.29, 0.717) is 11.7 Å². The molecule has 1 atom stereocenters. The van der Waals surface area contributed by atoms with E-state index >= 15 is 0 Å². The van der Waals surface area contributed by atoms with Gasteiger partial charge in [0, 0.05) is 19.7 Å². The summed E-state index contributed by atoms with van der Waals surface area (Å²) in [6, 6.07) is 5.03. The smallest absolute Gasteiger partial charge is 0.354 e. The summed E-state index contributed by atoms with van der Waals surface area (Å²) < 4.78 is 0. The summed E-state index contributed by atoms with van der Waals surface area (Å²) in [5.74, 6) is 0.193. The Morgan fingerprint density at radius 2 is 2.35 bits per heavy atom. The molecule has 0 aliphatic carbocycles. The standard InChI is InChI=1S/C12H16N2O3/c15-7-5-9-4-6-14(8-9)11-3-1-2-10(13-11)12(16)17/h1-3,9,15H,4-8H2,(H,16,17). The number of pyridine rings is 1. The Balaban J connectivity index is 2.08. The molecule has 0 aromatic carbocycles. The van der Waals surface area contributed by atoms with Gasteiger partial charge in [-0.2, -0.15) is 0 Å². The zero-order valence-electron chi connectivity index (χ0n) is 9.54. The van der Waals surface area contributed by atoms with Crippen LogP contribution in [0.2, 0.25) is 0 Å². The van der Waals surface area contributed by atoms with E-state index in [0.717, 1.165) is 25.9 Å². The van der Waals surface area contributed by atoms with Gasteiger partial charge in [0.1, 0.15) is 5.82 Å². The number of aromatic nitrogens is 1. The van der Waals surface area contributed by atoms with Crippen LogP contribution in [-0.2, 0) is 0 Å². The van der Waals surface area contributed by atoms with Crippen molar-refractivity contribution < 1.29 is 15.0 Å². The highest BCUT2D eigenvalue weighted by Gasteiger charge is 2.23. The highest BCUT2D eigenvalue weighted by atomic mass is 16.4.